The summed E-state index contributed by atoms with van der Waals surface area (Å²) in [5.41, 5.74) is 7.23. The number of aryl methyl sites for hydroxylation is 1. The average molecular weight is 244 g/mol. The highest BCUT2D eigenvalue weighted by Gasteiger charge is 2.13. The minimum absolute atomic E-state index is 0.191. The molecule has 0 saturated carbocycles. The van der Waals surface area contributed by atoms with E-state index >= 15 is 0 Å². The zero-order chi connectivity index (χ0) is 13.0. The lowest BCUT2D eigenvalue weighted by Gasteiger charge is -2.06. The number of hydrogen-bond acceptors (Lipinski definition) is 3. The molecule has 0 saturated heterocycles. The first-order chi connectivity index (χ1) is 8.68. The van der Waals surface area contributed by atoms with Crippen molar-refractivity contribution in [2.75, 3.05) is 12.3 Å². The molecule has 0 atom stereocenters. The Kier molecular flexibility index (Phi) is 3.62. The van der Waals surface area contributed by atoms with Crippen molar-refractivity contribution in [1.82, 2.24) is 14.9 Å². The summed E-state index contributed by atoms with van der Waals surface area (Å²) in [6.45, 7) is 0.577. The number of carbonyl (C=O) groups is 1. The van der Waals surface area contributed by atoms with Gasteiger partial charge in [0.1, 0.15) is 0 Å². The predicted molar refractivity (Wildman–Crippen MR) is 70.1 cm³/mol. The second-order valence-corrected chi connectivity index (χ2v) is 4.08. The minimum atomic E-state index is -0.191. The Morgan fingerprint density at radius 1 is 1.39 bits per heavy atom. The molecular weight excluding hydrogens is 228 g/mol. The fraction of sp³-hybridized carbons (Fsp3) is 0.231. The van der Waals surface area contributed by atoms with Crippen molar-refractivity contribution in [3.05, 3.63) is 47.9 Å². The molecule has 0 aliphatic heterocycles. The van der Waals surface area contributed by atoms with Crippen molar-refractivity contribution in [1.29, 1.82) is 0 Å². The molecule has 0 aliphatic rings. The molecule has 2 rings (SSSR count). The van der Waals surface area contributed by atoms with Gasteiger partial charge in [0.2, 0.25) is 0 Å². The molecule has 5 nitrogen and oxygen atoms in total. The Morgan fingerprint density at radius 3 is 2.72 bits per heavy atom. The van der Waals surface area contributed by atoms with Crippen LogP contribution in [0.1, 0.15) is 16.1 Å². The number of amides is 1. The van der Waals surface area contributed by atoms with Gasteiger partial charge in [-0.15, -0.1) is 0 Å². The van der Waals surface area contributed by atoms with Crippen molar-refractivity contribution in [2.24, 2.45) is 7.05 Å². The van der Waals surface area contributed by atoms with Crippen molar-refractivity contribution in [3.63, 3.8) is 0 Å². The monoisotopic (exact) mass is 244 g/mol. The molecule has 1 aromatic carbocycles. The molecule has 1 heterocycles. The normalized spacial score (nSPS) is 10.3. The van der Waals surface area contributed by atoms with Gasteiger partial charge >= 0.3 is 0 Å². The van der Waals surface area contributed by atoms with Gasteiger partial charge in [-0.3, -0.25) is 4.79 Å². The number of nitrogens with zero attached hydrogens (tertiary/aromatic N) is 2. The van der Waals surface area contributed by atoms with E-state index in [1.165, 1.54) is 11.9 Å². The summed E-state index contributed by atoms with van der Waals surface area (Å²) in [4.78, 5) is 15.8. The van der Waals surface area contributed by atoms with Crippen LogP contribution >= 0.6 is 0 Å². The largest absolute Gasteiger partial charge is 0.382 e. The Labute approximate surface area is 106 Å². The number of imidazole rings is 1. The Hall–Kier alpha value is -2.30. The number of nitrogens with one attached hydrogen (secondary N) is 1. The maximum absolute atomic E-state index is 11.9. The summed E-state index contributed by atoms with van der Waals surface area (Å²) < 4.78 is 1.62. The van der Waals surface area contributed by atoms with Crippen LogP contribution in [0.2, 0.25) is 0 Å². The molecule has 0 unspecified atom stereocenters. The first kappa shape index (κ1) is 12.2. The smallest absolute Gasteiger partial charge is 0.271 e. The highest BCUT2D eigenvalue weighted by molar-refractivity contribution is 5.96. The molecule has 5 heteroatoms. The molecule has 0 aliphatic carbocycles. The Bertz CT molecular complexity index is 514. The van der Waals surface area contributed by atoms with Crippen LogP contribution in [-0.2, 0) is 13.5 Å². The summed E-state index contributed by atoms with van der Waals surface area (Å²) in [5, 5.41) is 2.84. The van der Waals surface area contributed by atoms with Crippen LogP contribution < -0.4 is 11.1 Å². The highest BCUT2D eigenvalue weighted by atomic mass is 16.2. The molecule has 0 fully saturated rings. The standard InChI is InChI=1S/C13H16N4O/c1-17-9-16-12(14)11(17)13(18)15-8-7-10-5-3-2-4-6-10/h2-6,9H,7-8,14H2,1H3,(H,15,18). The van der Waals surface area contributed by atoms with E-state index in [2.05, 4.69) is 10.3 Å². The number of anilines is 1. The fourth-order valence-electron chi connectivity index (χ4n) is 1.77. The number of rotatable bonds is 4. The van der Waals surface area contributed by atoms with Crippen LogP contribution in [0.3, 0.4) is 0 Å². The van der Waals surface area contributed by atoms with Crippen LogP contribution in [0.4, 0.5) is 5.82 Å². The van der Waals surface area contributed by atoms with Crippen LogP contribution in [-0.4, -0.2) is 22.0 Å². The number of nitrogens with two attached hydrogens (primary N) is 1. The summed E-state index contributed by atoms with van der Waals surface area (Å²) in [5.74, 6) is 0.0677. The van der Waals surface area contributed by atoms with E-state index in [4.69, 9.17) is 5.73 Å². The second-order valence-electron chi connectivity index (χ2n) is 4.08. The van der Waals surface area contributed by atoms with Crippen LogP contribution in [0.5, 0.6) is 0 Å². The number of hydrogen-bond donors (Lipinski definition) is 2. The Morgan fingerprint density at radius 2 is 2.11 bits per heavy atom. The van der Waals surface area contributed by atoms with Gasteiger partial charge < -0.3 is 15.6 Å². The summed E-state index contributed by atoms with van der Waals surface area (Å²) >= 11 is 0. The molecule has 0 radical (unpaired) electrons. The lowest BCUT2D eigenvalue weighted by Crippen LogP contribution is -2.28. The van der Waals surface area contributed by atoms with E-state index in [0.717, 1.165) is 6.42 Å². The van der Waals surface area contributed by atoms with Gasteiger partial charge in [0.25, 0.3) is 5.91 Å². The van der Waals surface area contributed by atoms with Crippen molar-refractivity contribution >= 4 is 11.7 Å². The van der Waals surface area contributed by atoms with Crippen LogP contribution in [0.25, 0.3) is 0 Å². The minimum Gasteiger partial charge on any atom is -0.382 e. The van der Waals surface area contributed by atoms with Gasteiger partial charge in [-0.25, -0.2) is 4.98 Å². The van der Waals surface area contributed by atoms with Crippen molar-refractivity contribution < 1.29 is 4.79 Å². The van der Waals surface area contributed by atoms with Crippen molar-refractivity contribution in [2.45, 2.75) is 6.42 Å². The van der Waals surface area contributed by atoms with Gasteiger partial charge in [0.15, 0.2) is 11.5 Å². The topological polar surface area (TPSA) is 72.9 Å². The van der Waals surface area contributed by atoms with E-state index in [1.807, 2.05) is 30.3 Å². The lowest BCUT2D eigenvalue weighted by molar-refractivity contribution is 0.0947. The average Bonchev–Trinajstić information content (AvgIpc) is 2.70. The van der Waals surface area contributed by atoms with E-state index in [1.54, 1.807) is 11.6 Å². The number of aromatic nitrogens is 2. The van der Waals surface area contributed by atoms with Gasteiger partial charge in [0, 0.05) is 13.6 Å². The summed E-state index contributed by atoms with van der Waals surface area (Å²) in [6, 6.07) is 10.0. The molecule has 1 amide bonds. The molecule has 94 valence electrons. The van der Waals surface area contributed by atoms with Gasteiger partial charge in [-0.05, 0) is 12.0 Å². The quantitative estimate of drug-likeness (QED) is 0.842. The third-order valence-corrected chi connectivity index (χ3v) is 2.72. The summed E-state index contributed by atoms with van der Waals surface area (Å²) in [7, 11) is 1.75. The van der Waals surface area contributed by atoms with E-state index in [9.17, 15) is 4.79 Å². The predicted octanol–water partition coefficient (Wildman–Crippen LogP) is 0.975. The lowest BCUT2D eigenvalue weighted by atomic mass is 10.1. The molecule has 18 heavy (non-hydrogen) atoms. The molecular formula is C13H16N4O. The zero-order valence-electron chi connectivity index (χ0n) is 10.3. The van der Waals surface area contributed by atoms with Gasteiger partial charge in [-0.2, -0.15) is 0 Å². The number of carbonyl (C=O) groups excluding carboxylic acids is 1. The third-order valence-electron chi connectivity index (χ3n) is 2.72. The Balaban J connectivity index is 1.90. The summed E-state index contributed by atoms with van der Waals surface area (Å²) in [6.07, 6.45) is 2.33. The molecule has 3 N–H and O–H groups in total. The van der Waals surface area contributed by atoms with E-state index in [0.29, 0.717) is 12.2 Å². The maximum Gasteiger partial charge on any atom is 0.271 e. The fourth-order valence-corrected chi connectivity index (χ4v) is 1.77. The molecule has 0 bridgehead atoms. The molecule has 1 aromatic heterocycles. The third kappa shape index (κ3) is 2.68. The van der Waals surface area contributed by atoms with Crippen LogP contribution in [0, 0.1) is 0 Å². The number of nitrogen functional groups attached to an aromatic ring is 1. The highest BCUT2D eigenvalue weighted by Crippen LogP contribution is 2.07. The maximum atomic E-state index is 11.9. The molecule has 0 spiro atoms. The molecule has 2 aromatic rings. The van der Waals surface area contributed by atoms with E-state index in [-0.39, 0.29) is 11.7 Å². The van der Waals surface area contributed by atoms with Gasteiger partial charge in [-0.1, -0.05) is 30.3 Å². The van der Waals surface area contributed by atoms with Crippen molar-refractivity contribution in [3.8, 4) is 0 Å². The van der Waals surface area contributed by atoms with Gasteiger partial charge in [0.05, 0.1) is 6.33 Å². The SMILES string of the molecule is Cn1cnc(N)c1C(=O)NCCc1ccccc1. The van der Waals surface area contributed by atoms with E-state index < -0.39 is 0 Å². The second kappa shape index (κ2) is 5.35. The first-order valence-electron chi connectivity index (χ1n) is 5.77. The van der Waals surface area contributed by atoms with Crippen LogP contribution in [0.15, 0.2) is 36.7 Å². The number of benzene rings is 1. The zero-order valence-corrected chi connectivity index (χ0v) is 10.3. The first-order valence-corrected chi connectivity index (χ1v) is 5.77.